The SMILES string of the molecule is CC(C)(CN=C(N)Nc1ccc2c(c1)OCCCO2)N1CCc2ccccc2C1. The van der Waals surface area contributed by atoms with Crippen molar-refractivity contribution < 1.29 is 9.47 Å². The van der Waals surface area contributed by atoms with Crippen molar-refractivity contribution in [3.63, 3.8) is 0 Å². The molecule has 2 aromatic carbocycles. The largest absolute Gasteiger partial charge is 0.490 e. The number of nitrogens with two attached hydrogens (primary N) is 1. The predicted octanol–water partition coefficient (Wildman–Crippen LogP) is 3.41. The van der Waals surface area contributed by atoms with Crippen molar-refractivity contribution in [1.82, 2.24) is 4.90 Å². The summed E-state index contributed by atoms with van der Waals surface area (Å²) in [5, 5.41) is 3.18. The first kappa shape index (κ1) is 19.6. The molecular formula is C23H30N4O2. The van der Waals surface area contributed by atoms with Gasteiger partial charge < -0.3 is 20.5 Å². The van der Waals surface area contributed by atoms with E-state index in [1.54, 1.807) is 0 Å². The summed E-state index contributed by atoms with van der Waals surface area (Å²) in [6.07, 6.45) is 1.96. The zero-order valence-corrected chi connectivity index (χ0v) is 17.3. The van der Waals surface area contributed by atoms with Crippen molar-refractivity contribution in [3.8, 4) is 11.5 Å². The topological polar surface area (TPSA) is 72.1 Å². The average molecular weight is 395 g/mol. The van der Waals surface area contributed by atoms with E-state index in [-0.39, 0.29) is 5.54 Å². The fourth-order valence-corrected chi connectivity index (χ4v) is 3.82. The van der Waals surface area contributed by atoms with Gasteiger partial charge >= 0.3 is 0 Å². The van der Waals surface area contributed by atoms with Crippen molar-refractivity contribution in [2.75, 3.05) is 31.6 Å². The normalized spacial score (nSPS) is 17.4. The third-order valence-corrected chi connectivity index (χ3v) is 5.64. The van der Waals surface area contributed by atoms with Gasteiger partial charge in [-0.1, -0.05) is 24.3 Å². The van der Waals surface area contributed by atoms with Crippen LogP contribution in [0, 0.1) is 0 Å². The molecule has 0 bridgehead atoms. The van der Waals surface area contributed by atoms with E-state index >= 15 is 0 Å². The first-order chi connectivity index (χ1) is 14.0. The Kier molecular flexibility index (Phi) is 5.62. The molecule has 0 saturated carbocycles. The van der Waals surface area contributed by atoms with Crippen molar-refractivity contribution >= 4 is 11.6 Å². The van der Waals surface area contributed by atoms with Crippen LogP contribution < -0.4 is 20.5 Å². The second-order valence-electron chi connectivity index (χ2n) is 8.29. The molecule has 2 aliphatic heterocycles. The second kappa shape index (κ2) is 8.33. The van der Waals surface area contributed by atoms with Crippen LogP contribution in [0.15, 0.2) is 47.5 Å². The highest BCUT2D eigenvalue weighted by atomic mass is 16.5. The molecule has 0 unspecified atom stereocenters. The van der Waals surface area contributed by atoms with Crippen LogP contribution in [-0.4, -0.2) is 42.7 Å². The van der Waals surface area contributed by atoms with Gasteiger partial charge in [0.1, 0.15) is 0 Å². The second-order valence-corrected chi connectivity index (χ2v) is 8.29. The quantitative estimate of drug-likeness (QED) is 0.614. The van der Waals surface area contributed by atoms with E-state index in [0.29, 0.717) is 25.7 Å². The van der Waals surface area contributed by atoms with Gasteiger partial charge in [0.15, 0.2) is 17.5 Å². The number of nitrogens with one attached hydrogen (secondary N) is 1. The van der Waals surface area contributed by atoms with Crippen LogP contribution in [-0.2, 0) is 13.0 Å². The Morgan fingerprint density at radius 2 is 1.86 bits per heavy atom. The lowest BCUT2D eigenvalue weighted by molar-refractivity contribution is 0.112. The molecule has 0 amide bonds. The number of anilines is 1. The van der Waals surface area contributed by atoms with Crippen molar-refractivity contribution in [2.24, 2.45) is 10.7 Å². The Hall–Kier alpha value is -2.73. The van der Waals surface area contributed by atoms with Crippen LogP contribution in [0.4, 0.5) is 5.69 Å². The molecule has 0 fully saturated rings. The van der Waals surface area contributed by atoms with Gasteiger partial charge in [-0.05, 0) is 43.5 Å². The Morgan fingerprint density at radius 1 is 1.10 bits per heavy atom. The van der Waals surface area contributed by atoms with E-state index in [4.69, 9.17) is 15.2 Å². The fraction of sp³-hybridized carbons (Fsp3) is 0.435. The molecule has 0 radical (unpaired) electrons. The third kappa shape index (κ3) is 4.65. The first-order valence-corrected chi connectivity index (χ1v) is 10.3. The van der Waals surface area contributed by atoms with Crippen molar-refractivity contribution in [2.45, 2.75) is 38.8 Å². The molecule has 4 rings (SSSR count). The molecule has 29 heavy (non-hydrogen) atoms. The minimum absolute atomic E-state index is 0.0788. The smallest absolute Gasteiger partial charge is 0.193 e. The standard InChI is InChI=1S/C23H30N4O2/c1-23(2,27-11-10-17-6-3-4-7-18(17)15-27)16-25-22(24)26-19-8-9-20-21(14-19)29-13-5-12-28-20/h3-4,6-9,14H,5,10-13,15-16H2,1-2H3,(H3,24,25,26). The summed E-state index contributed by atoms with van der Waals surface area (Å²) in [5.41, 5.74) is 9.81. The molecule has 2 aromatic rings. The van der Waals surface area contributed by atoms with E-state index in [9.17, 15) is 0 Å². The molecule has 0 atom stereocenters. The Labute approximate surface area is 172 Å². The number of guanidine groups is 1. The van der Waals surface area contributed by atoms with Crippen LogP contribution in [0.5, 0.6) is 11.5 Å². The fourth-order valence-electron chi connectivity index (χ4n) is 3.82. The number of hydrogen-bond acceptors (Lipinski definition) is 4. The molecule has 2 aliphatic rings. The molecule has 6 nitrogen and oxygen atoms in total. The summed E-state index contributed by atoms with van der Waals surface area (Å²) in [7, 11) is 0. The van der Waals surface area contributed by atoms with E-state index < -0.39 is 0 Å². The molecule has 0 aromatic heterocycles. The number of fused-ring (bicyclic) bond motifs is 2. The summed E-state index contributed by atoms with van der Waals surface area (Å²) in [6, 6.07) is 14.4. The summed E-state index contributed by atoms with van der Waals surface area (Å²) in [5.74, 6) is 1.92. The molecule has 0 aliphatic carbocycles. The highest BCUT2D eigenvalue weighted by Crippen LogP contribution is 2.32. The average Bonchev–Trinajstić information content (AvgIpc) is 2.97. The zero-order valence-electron chi connectivity index (χ0n) is 17.3. The van der Waals surface area contributed by atoms with Crippen molar-refractivity contribution in [3.05, 3.63) is 53.6 Å². The van der Waals surface area contributed by atoms with Crippen LogP contribution in [0.2, 0.25) is 0 Å². The summed E-state index contributed by atoms with van der Waals surface area (Å²) >= 11 is 0. The van der Waals surface area contributed by atoms with Crippen LogP contribution in [0.3, 0.4) is 0 Å². The number of aliphatic imine (C=N–C) groups is 1. The number of hydrogen-bond donors (Lipinski definition) is 2. The van der Waals surface area contributed by atoms with Gasteiger partial charge in [-0.3, -0.25) is 9.89 Å². The monoisotopic (exact) mass is 394 g/mol. The summed E-state index contributed by atoms with van der Waals surface area (Å²) in [6.45, 7) is 8.41. The van der Waals surface area contributed by atoms with Crippen molar-refractivity contribution in [1.29, 1.82) is 0 Å². The Balaban J connectivity index is 1.39. The van der Waals surface area contributed by atoms with Crippen LogP contribution >= 0.6 is 0 Å². The third-order valence-electron chi connectivity index (χ3n) is 5.64. The molecule has 0 spiro atoms. The van der Waals surface area contributed by atoms with Crippen LogP contribution in [0.1, 0.15) is 31.4 Å². The Bertz CT molecular complexity index is 894. The minimum atomic E-state index is -0.0788. The molecule has 2 heterocycles. The maximum absolute atomic E-state index is 6.17. The molecule has 6 heteroatoms. The molecular weight excluding hydrogens is 364 g/mol. The molecule has 0 saturated heterocycles. The first-order valence-electron chi connectivity index (χ1n) is 10.3. The number of rotatable bonds is 4. The summed E-state index contributed by atoms with van der Waals surface area (Å²) < 4.78 is 11.4. The van der Waals surface area contributed by atoms with Crippen LogP contribution in [0.25, 0.3) is 0 Å². The van der Waals surface area contributed by atoms with Gasteiger partial charge in [0, 0.05) is 36.8 Å². The van der Waals surface area contributed by atoms with Gasteiger partial charge in [-0.25, -0.2) is 0 Å². The summed E-state index contributed by atoms with van der Waals surface area (Å²) in [4.78, 5) is 7.11. The van der Waals surface area contributed by atoms with Gasteiger partial charge in [-0.15, -0.1) is 0 Å². The van der Waals surface area contributed by atoms with E-state index in [2.05, 4.69) is 53.3 Å². The lowest BCUT2D eigenvalue weighted by atomic mass is 9.94. The number of benzene rings is 2. The minimum Gasteiger partial charge on any atom is -0.490 e. The van der Waals surface area contributed by atoms with E-state index in [1.165, 1.54) is 11.1 Å². The maximum atomic E-state index is 6.17. The lowest BCUT2D eigenvalue weighted by Gasteiger charge is -2.40. The van der Waals surface area contributed by atoms with E-state index in [0.717, 1.165) is 43.1 Å². The molecule has 3 N–H and O–H groups in total. The van der Waals surface area contributed by atoms with Gasteiger partial charge in [0.25, 0.3) is 0 Å². The lowest BCUT2D eigenvalue weighted by Crippen LogP contribution is -2.49. The highest BCUT2D eigenvalue weighted by Gasteiger charge is 2.29. The number of nitrogens with zero attached hydrogens (tertiary/aromatic N) is 2. The van der Waals surface area contributed by atoms with Gasteiger partial charge in [0.2, 0.25) is 0 Å². The maximum Gasteiger partial charge on any atom is 0.193 e. The van der Waals surface area contributed by atoms with Gasteiger partial charge in [-0.2, -0.15) is 0 Å². The zero-order chi connectivity index (χ0) is 20.3. The number of ether oxygens (including phenoxy) is 2. The van der Waals surface area contributed by atoms with E-state index in [1.807, 2.05) is 18.2 Å². The Morgan fingerprint density at radius 3 is 2.69 bits per heavy atom. The van der Waals surface area contributed by atoms with Gasteiger partial charge in [0.05, 0.1) is 19.8 Å². The highest BCUT2D eigenvalue weighted by molar-refractivity contribution is 5.92. The molecule has 154 valence electrons. The predicted molar refractivity (Wildman–Crippen MR) is 117 cm³/mol.